The van der Waals surface area contributed by atoms with Crippen LogP contribution < -0.4 is 10.6 Å². The third-order valence-electron chi connectivity index (χ3n) is 3.11. The average molecular weight is 349 g/mol. The largest absolute Gasteiger partial charge is 0.370 e. The molecule has 21 heavy (non-hydrogen) atoms. The standard InChI is InChI=1S/C16H21BrN4/c1-4-9-18-15-14(11(2)3)16(20-10-19-15)21-13-7-5-12(17)6-8-13/h5-8,10-11H,4,9H2,1-3H3,(H2,18,19,20,21). The van der Waals surface area contributed by atoms with Gasteiger partial charge in [0, 0.05) is 22.3 Å². The second-order valence-electron chi connectivity index (χ2n) is 5.20. The van der Waals surface area contributed by atoms with E-state index in [4.69, 9.17) is 0 Å². The Kier molecular flexibility index (Phi) is 5.56. The highest BCUT2D eigenvalue weighted by molar-refractivity contribution is 9.10. The van der Waals surface area contributed by atoms with E-state index in [9.17, 15) is 0 Å². The minimum absolute atomic E-state index is 0.337. The molecular weight excluding hydrogens is 328 g/mol. The summed E-state index contributed by atoms with van der Waals surface area (Å²) in [6, 6.07) is 8.06. The molecule has 0 bridgehead atoms. The number of aromatic nitrogens is 2. The summed E-state index contributed by atoms with van der Waals surface area (Å²) in [5, 5.41) is 6.77. The fourth-order valence-corrected chi connectivity index (χ4v) is 2.36. The van der Waals surface area contributed by atoms with Crippen LogP contribution in [-0.2, 0) is 0 Å². The number of nitrogens with one attached hydrogen (secondary N) is 2. The maximum atomic E-state index is 4.41. The van der Waals surface area contributed by atoms with Crippen LogP contribution in [0.2, 0.25) is 0 Å². The minimum Gasteiger partial charge on any atom is -0.370 e. The first-order chi connectivity index (χ1) is 10.1. The molecule has 2 N–H and O–H groups in total. The highest BCUT2D eigenvalue weighted by atomic mass is 79.9. The summed E-state index contributed by atoms with van der Waals surface area (Å²) in [5.74, 6) is 2.12. The summed E-state index contributed by atoms with van der Waals surface area (Å²) in [7, 11) is 0. The third kappa shape index (κ3) is 4.17. The van der Waals surface area contributed by atoms with Gasteiger partial charge in [0.05, 0.1) is 0 Å². The first-order valence-corrected chi connectivity index (χ1v) is 8.02. The van der Waals surface area contributed by atoms with Gasteiger partial charge in [-0.2, -0.15) is 0 Å². The van der Waals surface area contributed by atoms with Crippen molar-refractivity contribution in [2.24, 2.45) is 0 Å². The molecule has 0 aliphatic carbocycles. The molecule has 0 aliphatic rings. The maximum Gasteiger partial charge on any atom is 0.139 e. The first kappa shape index (κ1) is 15.8. The van der Waals surface area contributed by atoms with Crippen molar-refractivity contribution in [3.63, 3.8) is 0 Å². The molecule has 0 amide bonds. The fraction of sp³-hybridized carbons (Fsp3) is 0.375. The van der Waals surface area contributed by atoms with E-state index in [1.54, 1.807) is 6.33 Å². The molecule has 1 heterocycles. The molecule has 0 atom stereocenters. The summed E-state index contributed by atoms with van der Waals surface area (Å²) >= 11 is 3.45. The quantitative estimate of drug-likeness (QED) is 0.777. The van der Waals surface area contributed by atoms with Crippen LogP contribution in [0.3, 0.4) is 0 Å². The van der Waals surface area contributed by atoms with Gasteiger partial charge >= 0.3 is 0 Å². The lowest BCUT2D eigenvalue weighted by molar-refractivity contribution is 0.844. The second-order valence-corrected chi connectivity index (χ2v) is 6.11. The van der Waals surface area contributed by atoms with Crippen molar-refractivity contribution >= 4 is 33.3 Å². The number of hydrogen-bond donors (Lipinski definition) is 2. The zero-order valence-corrected chi connectivity index (χ0v) is 14.2. The van der Waals surface area contributed by atoms with Gasteiger partial charge < -0.3 is 10.6 Å². The van der Waals surface area contributed by atoms with E-state index in [1.807, 2.05) is 24.3 Å². The topological polar surface area (TPSA) is 49.8 Å². The van der Waals surface area contributed by atoms with Gasteiger partial charge in [0.25, 0.3) is 0 Å². The fourth-order valence-electron chi connectivity index (χ4n) is 2.10. The van der Waals surface area contributed by atoms with Crippen molar-refractivity contribution in [2.75, 3.05) is 17.2 Å². The Morgan fingerprint density at radius 2 is 1.76 bits per heavy atom. The van der Waals surface area contributed by atoms with Crippen LogP contribution >= 0.6 is 15.9 Å². The lowest BCUT2D eigenvalue weighted by atomic mass is 10.0. The van der Waals surface area contributed by atoms with Crippen molar-refractivity contribution in [3.05, 3.63) is 40.6 Å². The van der Waals surface area contributed by atoms with Crippen LogP contribution in [-0.4, -0.2) is 16.5 Å². The molecule has 1 aromatic heterocycles. The van der Waals surface area contributed by atoms with Gasteiger partial charge in [-0.3, -0.25) is 0 Å². The zero-order valence-electron chi connectivity index (χ0n) is 12.7. The Morgan fingerprint density at radius 3 is 2.38 bits per heavy atom. The molecule has 2 aromatic rings. The summed E-state index contributed by atoms with van der Waals surface area (Å²) < 4.78 is 1.06. The van der Waals surface area contributed by atoms with E-state index in [2.05, 4.69) is 57.3 Å². The van der Waals surface area contributed by atoms with Crippen molar-refractivity contribution < 1.29 is 0 Å². The molecule has 2 rings (SSSR count). The van der Waals surface area contributed by atoms with Gasteiger partial charge in [-0.15, -0.1) is 0 Å². The Bertz CT molecular complexity index is 581. The number of halogens is 1. The number of anilines is 3. The number of nitrogens with zero attached hydrogens (tertiary/aromatic N) is 2. The molecule has 5 heteroatoms. The smallest absolute Gasteiger partial charge is 0.139 e. The maximum absolute atomic E-state index is 4.41. The van der Waals surface area contributed by atoms with Gasteiger partial charge in [0.15, 0.2) is 0 Å². The molecule has 0 saturated heterocycles. The molecule has 0 unspecified atom stereocenters. The van der Waals surface area contributed by atoms with Crippen LogP contribution in [0.4, 0.5) is 17.3 Å². The Hall–Kier alpha value is -1.62. The molecule has 4 nitrogen and oxygen atoms in total. The molecule has 0 aliphatic heterocycles. The first-order valence-electron chi connectivity index (χ1n) is 7.23. The lowest BCUT2D eigenvalue weighted by Gasteiger charge is -2.17. The van der Waals surface area contributed by atoms with Crippen molar-refractivity contribution in [3.8, 4) is 0 Å². The Balaban J connectivity index is 2.31. The summed E-state index contributed by atoms with van der Waals surface area (Å²) in [6.07, 6.45) is 2.67. The molecule has 0 radical (unpaired) electrons. The van der Waals surface area contributed by atoms with Crippen LogP contribution in [0, 0.1) is 0 Å². The summed E-state index contributed by atoms with van der Waals surface area (Å²) in [6.45, 7) is 7.36. The van der Waals surface area contributed by atoms with Gasteiger partial charge in [-0.05, 0) is 36.6 Å². The van der Waals surface area contributed by atoms with E-state index in [0.717, 1.165) is 40.3 Å². The molecule has 0 fully saturated rings. The van der Waals surface area contributed by atoms with Crippen molar-refractivity contribution in [2.45, 2.75) is 33.1 Å². The Morgan fingerprint density at radius 1 is 1.10 bits per heavy atom. The van der Waals surface area contributed by atoms with Crippen molar-refractivity contribution in [1.29, 1.82) is 0 Å². The highest BCUT2D eigenvalue weighted by Gasteiger charge is 2.14. The van der Waals surface area contributed by atoms with E-state index in [0.29, 0.717) is 5.92 Å². The minimum atomic E-state index is 0.337. The van der Waals surface area contributed by atoms with Crippen LogP contribution in [0.1, 0.15) is 38.7 Å². The molecule has 0 saturated carbocycles. The predicted molar refractivity (Wildman–Crippen MR) is 92.3 cm³/mol. The van der Waals surface area contributed by atoms with E-state index in [1.165, 1.54) is 0 Å². The summed E-state index contributed by atoms with van der Waals surface area (Å²) in [4.78, 5) is 8.80. The predicted octanol–water partition coefficient (Wildman–Crippen LogP) is 4.93. The monoisotopic (exact) mass is 348 g/mol. The van der Waals surface area contributed by atoms with Gasteiger partial charge in [0.2, 0.25) is 0 Å². The van der Waals surface area contributed by atoms with E-state index >= 15 is 0 Å². The molecule has 112 valence electrons. The molecule has 0 spiro atoms. The van der Waals surface area contributed by atoms with Crippen LogP contribution in [0.25, 0.3) is 0 Å². The highest BCUT2D eigenvalue weighted by Crippen LogP contribution is 2.30. The number of benzene rings is 1. The van der Waals surface area contributed by atoms with Crippen LogP contribution in [0.5, 0.6) is 0 Å². The average Bonchev–Trinajstić information content (AvgIpc) is 2.47. The van der Waals surface area contributed by atoms with E-state index in [-0.39, 0.29) is 0 Å². The lowest BCUT2D eigenvalue weighted by Crippen LogP contribution is -2.10. The number of hydrogen-bond acceptors (Lipinski definition) is 4. The third-order valence-corrected chi connectivity index (χ3v) is 3.64. The normalized spacial score (nSPS) is 10.7. The molecular formula is C16H21BrN4. The van der Waals surface area contributed by atoms with Gasteiger partial charge in [-0.1, -0.05) is 36.7 Å². The second kappa shape index (κ2) is 7.41. The Labute approximate surface area is 134 Å². The van der Waals surface area contributed by atoms with Crippen molar-refractivity contribution in [1.82, 2.24) is 9.97 Å². The number of rotatable bonds is 6. The van der Waals surface area contributed by atoms with Crippen LogP contribution in [0.15, 0.2) is 35.1 Å². The SMILES string of the molecule is CCCNc1ncnc(Nc2ccc(Br)cc2)c1C(C)C. The summed E-state index contributed by atoms with van der Waals surface area (Å²) in [5.41, 5.74) is 2.13. The van der Waals surface area contributed by atoms with Gasteiger partial charge in [-0.25, -0.2) is 9.97 Å². The molecule has 1 aromatic carbocycles. The van der Waals surface area contributed by atoms with E-state index < -0.39 is 0 Å². The zero-order chi connectivity index (χ0) is 15.2. The van der Waals surface area contributed by atoms with Gasteiger partial charge in [0.1, 0.15) is 18.0 Å².